The summed E-state index contributed by atoms with van der Waals surface area (Å²) in [5.74, 6) is 0.671. The third kappa shape index (κ3) is 1.65. The van der Waals surface area contributed by atoms with Crippen molar-refractivity contribution in [3.8, 4) is 22.0 Å². The molecule has 0 fully saturated rings. The number of thiophene rings is 1. The predicted octanol–water partition coefficient (Wildman–Crippen LogP) is 3.77. The molecule has 4 rings (SSSR count). The number of pyridine rings is 1. The first kappa shape index (κ1) is 11.6. The maximum absolute atomic E-state index is 6.30. The van der Waals surface area contributed by atoms with Gasteiger partial charge in [0.05, 0.1) is 16.3 Å². The SMILES string of the molecule is Nc1c(-c2cccs2)nc2scc(-c3ccccn3)n12. The fourth-order valence-corrected chi connectivity index (χ4v) is 3.78. The van der Waals surface area contributed by atoms with Crippen LogP contribution in [0.25, 0.3) is 26.9 Å². The van der Waals surface area contributed by atoms with E-state index in [0.29, 0.717) is 5.82 Å². The molecule has 4 aromatic rings. The summed E-state index contributed by atoms with van der Waals surface area (Å²) in [4.78, 5) is 11.0. The lowest BCUT2D eigenvalue weighted by Gasteiger charge is -2.01. The van der Waals surface area contributed by atoms with Gasteiger partial charge in [-0.2, -0.15) is 0 Å². The largest absolute Gasteiger partial charge is 0.383 e. The highest BCUT2D eigenvalue weighted by molar-refractivity contribution is 7.15. The lowest BCUT2D eigenvalue weighted by molar-refractivity contribution is 1.20. The number of nitrogen functional groups attached to an aromatic ring is 1. The van der Waals surface area contributed by atoms with E-state index in [1.807, 2.05) is 45.5 Å². The maximum atomic E-state index is 6.30. The van der Waals surface area contributed by atoms with E-state index in [4.69, 9.17) is 5.73 Å². The first-order valence-corrected chi connectivity index (χ1v) is 7.81. The van der Waals surface area contributed by atoms with Crippen LogP contribution >= 0.6 is 22.7 Å². The van der Waals surface area contributed by atoms with Gasteiger partial charge < -0.3 is 5.73 Å². The molecule has 0 spiro atoms. The molecule has 4 nitrogen and oxygen atoms in total. The van der Waals surface area contributed by atoms with Crippen LogP contribution in [0.2, 0.25) is 0 Å². The zero-order valence-corrected chi connectivity index (χ0v) is 12.0. The Morgan fingerprint density at radius 1 is 1.10 bits per heavy atom. The van der Waals surface area contributed by atoms with Gasteiger partial charge in [0.2, 0.25) is 0 Å². The normalized spacial score (nSPS) is 11.2. The quantitative estimate of drug-likeness (QED) is 0.613. The van der Waals surface area contributed by atoms with Crippen molar-refractivity contribution < 1.29 is 0 Å². The number of hydrogen-bond acceptors (Lipinski definition) is 5. The Kier molecular flexibility index (Phi) is 2.58. The van der Waals surface area contributed by atoms with Gasteiger partial charge in [0.15, 0.2) is 4.96 Å². The summed E-state index contributed by atoms with van der Waals surface area (Å²) >= 11 is 3.22. The number of fused-ring (bicyclic) bond motifs is 1. The van der Waals surface area contributed by atoms with Crippen LogP contribution in [0.4, 0.5) is 5.82 Å². The lowest BCUT2D eigenvalue weighted by atomic mass is 10.3. The number of aromatic nitrogens is 3. The second-order valence-corrected chi connectivity index (χ2v) is 6.06. The van der Waals surface area contributed by atoms with E-state index in [0.717, 1.165) is 26.9 Å². The van der Waals surface area contributed by atoms with Crippen LogP contribution < -0.4 is 5.73 Å². The molecule has 0 aliphatic carbocycles. The van der Waals surface area contributed by atoms with Gasteiger partial charge >= 0.3 is 0 Å². The van der Waals surface area contributed by atoms with E-state index >= 15 is 0 Å². The van der Waals surface area contributed by atoms with Gasteiger partial charge in [-0.15, -0.1) is 22.7 Å². The molecule has 2 N–H and O–H groups in total. The van der Waals surface area contributed by atoms with Crippen LogP contribution in [0.3, 0.4) is 0 Å². The number of anilines is 1. The molecule has 0 aliphatic rings. The summed E-state index contributed by atoms with van der Waals surface area (Å²) in [6.07, 6.45) is 1.78. The highest BCUT2D eigenvalue weighted by Gasteiger charge is 2.17. The minimum absolute atomic E-state index is 0.671. The number of nitrogens with two attached hydrogens (primary N) is 1. The lowest BCUT2D eigenvalue weighted by Crippen LogP contribution is -1.95. The minimum Gasteiger partial charge on any atom is -0.383 e. The molecule has 0 bridgehead atoms. The monoisotopic (exact) mass is 298 g/mol. The van der Waals surface area contributed by atoms with Crippen LogP contribution in [0.1, 0.15) is 0 Å². The fraction of sp³-hybridized carbons (Fsp3) is 0. The Bertz CT molecular complexity index is 860. The standard InChI is InChI=1S/C14H10N4S2/c15-13-12(11-5-3-7-19-11)17-14-18(13)10(8-20-14)9-4-1-2-6-16-9/h1-8H,15H2. The maximum Gasteiger partial charge on any atom is 0.196 e. The third-order valence-corrected chi connectivity index (χ3v) is 4.78. The zero-order valence-electron chi connectivity index (χ0n) is 10.4. The molecule has 0 amide bonds. The first-order valence-electron chi connectivity index (χ1n) is 6.05. The molecule has 0 radical (unpaired) electrons. The van der Waals surface area contributed by atoms with Crippen molar-refractivity contribution in [1.82, 2.24) is 14.4 Å². The van der Waals surface area contributed by atoms with E-state index in [2.05, 4.69) is 9.97 Å². The van der Waals surface area contributed by atoms with Gasteiger partial charge in [0, 0.05) is 11.6 Å². The predicted molar refractivity (Wildman–Crippen MR) is 84.0 cm³/mol. The smallest absolute Gasteiger partial charge is 0.196 e. The molecular weight excluding hydrogens is 288 g/mol. The van der Waals surface area contributed by atoms with E-state index < -0.39 is 0 Å². The fourth-order valence-electron chi connectivity index (χ4n) is 2.17. The average molecular weight is 298 g/mol. The Hall–Kier alpha value is -2.18. The first-order chi connectivity index (χ1) is 9.84. The van der Waals surface area contributed by atoms with Crippen LogP contribution in [-0.4, -0.2) is 14.4 Å². The van der Waals surface area contributed by atoms with Crippen LogP contribution in [0.15, 0.2) is 47.3 Å². The van der Waals surface area contributed by atoms with E-state index in [1.54, 1.807) is 28.9 Å². The number of rotatable bonds is 2. The van der Waals surface area contributed by atoms with Crippen molar-refractivity contribution in [2.45, 2.75) is 0 Å². The number of thiazole rings is 1. The summed E-state index contributed by atoms with van der Waals surface area (Å²) in [6.45, 7) is 0. The Labute approximate surface area is 123 Å². The Morgan fingerprint density at radius 3 is 2.80 bits per heavy atom. The molecule has 4 heterocycles. The van der Waals surface area contributed by atoms with Crippen LogP contribution in [-0.2, 0) is 0 Å². The molecule has 4 aromatic heterocycles. The van der Waals surface area contributed by atoms with Crippen molar-refractivity contribution >= 4 is 33.5 Å². The van der Waals surface area contributed by atoms with Gasteiger partial charge in [-0.1, -0.05) is 12.1 Å². The molecule has 0 aromatic carbocycles. The Morgan fingerprint density at radius 2 is 2.05 bits per heavy atom. The second kappa shape index (κ2) is 4.43. The highest BCUT2D eigenvalue weighted by Crippen LogP contribution is 2.35. The highest BCUT2D eigenvalue weighted by atomic mass is 32.1. The molecule has 0 saturated heterocycles. The molecule has 0 aliphatic heterocycles. The Balaban J connectivity index is 1.97. The van der Waals surface area contributed by atoms with Gasteiger partial charge in [-0.25, -0.2) is 4.98 Å². The molecule has 98 valence electrons. The van der Waals surface area contributed by atoms with Gasteiger partial charge in [-0.3, -0.25) is 9.38 Å². The van der Waals surface area contributed by atoms with Crippen LogP contribution in [0.5, 0.6) is 0 Å². The second-order valence-electron chi connectivity index (χ2n) is 4.28. The van der Waals surface area contributed by atoms with Gasteiger partial charge in [0.25, 0.3) is 0 Å². The molecule has 0 unspecified atom stereocenters. The van der Waals surface area contributed by atoms with Crippen molar-refractivity contribution in [2.75, 3.05) is 5.73 Å². The molecule has 0 atom stereocenters. The van der Waals surface area contributed by atoms with Gasteiger partial charge in [0.1, 0.15) is 11.5 Å². The van der Waals surface area contributed by atoms with Crippen molar-refractivity contribution in [2.24, 2.45) is 0 Å². The van der Waals surface area contributed by atoms with Crippen molar-refractivity contribution in [1.29, 1.82) is 0 Å². The minimum atomic E-state index is 0.671. The summed E-state index contributed by atoms with van der Waals surface area (Å²) in [6, 6.07) is 9.90. The van der Waals surface area contributed by atoms with Crippen LogP contribution in [0, 0.1) is 0 Å². The summed E-state index contributed by atoms with van der Waals surface area (Å²) in [7, 11) is 0. The number of imidazole rings is 1. The van der Waals surface area contributed by atoms with Crippen molar-refractivity contribution in [3.05, 3.63) is 47.3 Å². The number of nitrogens with zero attached hydrogens (tertiary/aromatic N) is 3. The van der Waals surface area contributed by atoms with Gasteiger partial charge in [-0.05, 0) is 23.6 Å². The van der Waals surface area contributed by atoms with Crippen molar-refractivity contribution in [3.63, 3.8) is 0 Å². The summed E-state index contributed by atoms with van der Waals surface area (Å²) in [5.41, 5.74) is 9.04. The summed E-state index contributed by atoms with van der Waals surface area (Å²) in [5, 5.41) is 4.07. The third-order valence-electron chi connectivity index (χ3n) is 3.08. The zero-order chi connectivity index (χ0) is 13.5. The number of hydrogen-bond donors (Lipinski definition) is 1. The topological polar surface area (TPSA) is 56.2 Å². The average Bonchev–Trinajstić information content (AvgIpc) is 3.18. The summed E-state index contributed by atoms with van der Waals surface area (Å²) < 4.78 is 1.97. The molecule has 6 heteroatoms. The van der Waals surface area contributed by atoms with E-state index in [-0.39, 0.29) is 0 Å². The molecular formula is C14H10N4S2. The molecule has 20 heavy (non-hydrogen) atoms. The molecule has 0 saturated carbocycles. The van der Waals surface area contributed by atoms with E-state index in [9.17, 15) is 0 Å². The van der Waals surface area contributed by atoms with E-state index in [1.165, 1.54) is 0 Å².